The molecule has 0 radical (unpaired) electrons. The minimum Gasteiger partial charge on any atom is -0.291 e. The van der Waals surface area contributed by atoms with Crippen LogP contribution in [0.25, 0.3) is 0 Å². The maximum atomic E-state index is 15.2. The van der Waals surface area contributed by atoms with Gasteiger partial charge in [0, 0.05) is 25.2 Å². The summed E-state index contributed by atoms with van der Waals surface area (Å²) in [4.78, 5) is 18.2. The summed E-state index contributed by atoms with van der Waals surface area (Å²) in [5.41, 5.74) is 5.60. The fraction of sp³-hybridized carbons (Fsp3) is 0.407. The molecule has 0 unspecified atom stereocenters. The van der Waals surface area contributed by atoms with Gasteiger partial charge in [-0.1, -0.05) is 12.5 Å². The van der Waals surface area contributed by atoms with Crippen LogP contribution in [0.4, 0.5) is 18.9 Å². The van der Waals surface area contributed by atoms with Crippen molar-refractivity contribution in [2.24, 2.45) is 11.3 Å². The van der Waals surface area contributed by atoms with E-state index < -0.39 is 11.3 Å². The quantitative estimate of drug-likeness (QED) is 0.537. The molecule has 2 atom stereocenters. The second-order valence-electron chi connectivity index (χ2n) is 9.76. The average Bonchev–Trinajstić information content (AvgIpc) is 2.83. The molecule has 3 aliphatic rings. The molecule has 34 heavy (non-hydrogen) atoms. The summed E-state index contributed by atoms with van der Waals surface area (Å²) in [5.74, 6) is -3.25. The Hall–Kier alpha value is -2.93. The van der Waals surface area contributed by atoms with Gasteiger partial charge < -0.3 is 0 Å². The van der Waals surface area contributed by atoms with Gasteiger partial charge in [0.15, 0.2) is 5.78 Å². The number of hydrazine groups is 1. The van der Waals surface area contributed by atoms with E-state index >= 15 is 8.78 Å². The van der Waals surface area contributed by atoms with Crippen molar-refractivity contribution in [3.63, 3.8) is 0 Å². The molecule has 1 aromatic heterocycles. The van der Waals surface area contributed by atoms with Gasteiger partial charge in [0.25, 0.3) is 5.92 Å². The van der Waals surface area contributed by atoms with E-state index in [9.17, 15) is 9.18 Å². The van der Waals surface area contributed by atoms with Crippen molar-refractivity contribution in [2.75, 3.05) is 12.1 Å². The SMILES string of the molecule is CNN(C1=C2CCC(F)(F)c3ccnc(c3)C(=O)[C@@]3(C2)C[C@@H](C)CCC3=C1)c1ccc(F)cc1. The number of fused-ring (bicyclic) bond motifs is 3. The number of carbonyl (C=O) groups is 1. The number of carbonyl (C=O) groups excluding carboxylic acids is 1. The van der Waals surface area contributed by atoms with E-state index in [0.717, 1.165) is 29.7 Å². The first-order valence-corrected chi connectivity index (χ1v) is 11.8. The number of benzene rings is 1. The Morgan fingerprint density at radius 3 is 2.65 bits per heavy atom. The molecule has 1 spiro atoms. The second-order valence-corrected chi connectivity index (χ2v) is 9.76. The van der Waals surface area contributed by atoms with Crippen LogP contribution in [-0.2, 0) is 5.92 Å². The fourth-order valence-electron chi connectivity index (χ4n) is 5.80. The van der Waals surface area contributed by atoms with Crippen LogP contribution in [0.15, 0.2) is 65.5 Å². The van der Waals surface area contributed by atoms with Gasteiger partial charge in [-0.25, -0.2) is 18.6 Å². The zero-order valence-corrected chi connectivity index (χ0v) is 19.4. The van der Waals surface area contributed by atoms with Crippen LogP contribution in [0.2, 0.25) is 0 Å². The third-order valence-electron chi connectivity index (χ3n) is 7.55. The van der Waals surface area contributed by atoms with Gasteiger partial charge in [-0.15, -0.1) is 0 Å². The van der Waals surface area contributed by atoms with Crippen LogP contribution in [0.5, 0.6) is 0 Å². The number of rotatable bonds is 3. The second kappa shape index (κ2) is 8.38. The molecule has 7 heteroatoms. The van der Waals surface area contributed by atoms with E-state index in [1.807, 2.05) is 6.08 Å². The molecule has 1 heterocycles. The molecule has 4 nitrogen and oxygen atoms in total. The third-order valence-corrected chi connectivity index (χ3v) is 7.55. The minimum absolute atomic E-state index is 0.117. The fourth-order valence-corrected chi connectivity index (χ4v) is 5.80. The van der Waals surface area contributed by atoms with Gasteiger partial charge in [-0.3, -0.25) is 14.8 Å². The zero-order chi connectivity index (χ0) is 24.1. The number of anilines is 1. The first kappa shape index (κ1) is 22.8. The van der Waals surface area contributed by atoms with Crippen molar-refractivity contribution in [1.29, 1.82) is 0 Å². The van der Waals surface area contributed by atoms with E-state index in [1.165, 1.54) is 30.5 Å². The number of nitrogens with one attached hydrogen (secondary N) is 1. The predicted molar refractivity (Wildman–Crippen MR) is 125 cm³/mol. The highest BCUT2D eigenvalue weighted by molar-refractivity contribution is 6.02. The Balaban J connectivity index is 1.69. The van der Waals surface area contributed by atoms with Crippen LogP contribution >= 0.6 is 0 Å². The largest absolute Gasteiger partial charge is 0.291 e. The highest BCUT2D eigenvalue weighted by Gasteiger charge is 2.50. The lowest BCUT2D eigenvalue weighted by Crippen LogP contribution is -2.44. The van der Waals surface area contributed by atoms with Gasteiger partial charge in [-0.05, 0) is 86.1 Å². The summed E-state index contributed by atoms with van der Waals surface area (Å²) in [7, 11) is 1.74. The lowest BCUT2D eigenvalue weighted by atomic mass is 9.58. The molecule has 178 valence electrons. The summed E-state index contributed by atoms with van der Waals surface area (Å²) < 4.78 is 43.9. The average molecular weight is 468 g/mol. The van der Waals surface area contributed by atoms with Gasteiger partial charge in [0.05, 0.1) is 16.8 Å². The first-order chi connectivity index (χ1) is 16.2. The van der Waals surface area contributed by atoms with E-state index in [0.29, 0.717) is 24.4 Å². The van der Waals surface area contributed by atoms with Crippen molar-refractivity contribution >= 4 is 11.5 Å². The Morgan fingerprint density at radius 1 is 1.15 bits per heavy atom. The van der Waals surface area contributed by atoms with E-state index in [2.05, 4.69) is 17.3 Å². The number of alkyl halides is 2. The van der Waals surface area contributed by atoms with E-state index in [1.54, 1.807) is 24.2 Å². The number of hydrogen-bond acceptors (Lipinski definition) is 4. The molecule has 2 aromatic rings. The highest BCUT2D eigenvalue weighted by Crippen LogP contribution is 2.54. The van der Waals surface area contributed by atoms with Gasteiger partial charge >= 0.3 is 0 Å². The van der Waals surface area contributed by atoms with Crippen LogP contribution in [0.1, 0.15) is 61.5 Å². The molecule has 0 saturated heterocycles. The highest BCUT2D eigenvalue weighted by atomic mass is 19.3. The van der Waals surface area contributed by atoms with Crippen LogP contribution < -0.4 is 10.4 Å². The number of hydrogen-bond donors (Lipinski definition) is 1. The number of ketones is 1. The van der Waals surface area contributed by atoms with Crippen LogP contribution in [-0.4, -0.2) is 17.8 Å². The van der Waals surface area contributed by atoms with Gasteiger partial charge in [-0.2, -0.15) is 0 Å². The van der Waals surface area contributed by atoms with Crippen LogP contribution in [0.3, 0.4) is 0 Å². The molecule has 0 amide bonds. The monoisotopic (exact) mass is 467 g/mol. The first-order valence-electron chi connectivity index (χ1n) is 11.8. The van der Waals surface area contributed by atoms with E-state index in [4.69, 9.17) is 0 Å². The van der Waals surface area contributed by atoms with Crippen molar-refractivity contribution in [1.82, 2.24) is 10.4 Å². The number of nitrogens with zero attached hydrogens (tertiary/aromatic N) is 2. The third kappa shape index (κ3) is 3.76. The minimum atomic E-state index is -3.08. The number of halogens is 3. The number of pyridine rings is 1. The van der Waals surface area contributed by atoms with Crippen molar-refractivity contribution in [3.8, 4) is 0 Å². The standard InChI is InChI=1S/C27H28F3N3O/c1-17-3-4-19-14-24(33(31-2)22-7-5-21(28)6-8-22)18-9-11-27(29,30)20-10-12-32-23(13-20)25(34)26(19,15-17)16-18/h5-8,10,12-14,17,31H,3-4,9,11,15-16H2,1-2H3/t17-,26+/m0/s1. The van der Waals surface area contributed by atoms with Crippen molar-refractivity contribution in [2.45, 2.75) is 51.4 Å². The molecule has 1 fully saturated rings. The number of allylic oxidation sites excluding steroid dienone is 3. The molecule has 3 aliphatic carbocycles. The molecule has 4 bridgehead atoms. The molecule has 5 rings (SSSR count). The van der Waals surface area contributed by atoms with Crippen molar-refractivity contribution < 1.29 is 18.0 Å². The van der Waals surface area contributed by atoms with Crippen molar-refractivity contribution in [3.05, 3.63) is 82.6 Å². The Bertz CT molecular complexity index is 1190. The van der Waals surface area contributed by atoms with Crippen LogP contribution in [0, 0.1) is 17.2 Å². The Kier molecular flexibility index (Phi) is 5.63. The zero-order valence-electron chi connectivity index (χ0n) is 19.4. The maximum absolute atomic E-state index is 15.2. The molecule has 0 aliphatic heterocycles. The smallest absolute Gasteiger partial charge is 0.273 e. The van der Waals surface area contributed by atoms with E-state index in [-0.39, 0.29) is 35.7 Å². The lowest BCUT2D eigenvalue weighted by molar-refractivity contribution is -0.0139. The normalized spacial score (nSPS) is 26.0. The molecule has 1 N–H and O–H groups in total. The summed E-state index contributed by atoms with van der Waals surface area (Å²) in [5, 5.41) is 1.80. The topological polar surface area (TPSA) is 45.2 Å². The Labute approximate surface area is 197 Å². The summed E-state index contributed by atoms with van der Waals surface area (Å²) in [6, 6.07) is 8.64. The summed E-state index contributed by atoms with van der Waals surface area (Å²) >= 11 is 0. The predicted octanol–water partition coefficient (Wildman–Crippen LogP) is 6.32. The van der Waals surface area contributed by atoms with Gasteiger partial charge in [0.2, 0.25) is 0 Å². The number of Topliss-reactive ketones (excluding diaryl/α,β-unsaturated/α-hetero) is 1. The van der Waals surface area contributed by atoms with Gasteiger partial charge in [0.1, 0.15) is 11.5 Å². The summed E-state index contributed by atoms with van der Waals surface area (Å²) in [6.45, 7) is 2.15. The summed E-state index contributed by atoms with van der Waals surface area (Å²) in [6.07, 6.45) is 5.90. The molecule has 1 aromatic carbocycles. The Morgan fingerprint density at radius 2 is 1.91 bits per heavy atom. The molecular formula is C27H28F3N3O. The number of aromatic nitrogens is 1. The molecular weight excluding hydrogens is 439 g/mol. The lowest BCUT2D eigenvalue weighted by Gasteiger charge is -2.46. The molecule has 1 saturated carbocycles. The maximum Gasteiger partial charge on any atom is 0.273 e.